The second-order valence-electron chi connectivity index (χ2n) is 4.07. The Morgan fingerprint density at radius 2 is 2.26 bits per heavy atom. The molecule has 1 N–H and O–H groups in total. The van der Waals surface area contributed by atoms with Gasteiger partial charge in [-0.2, -0.15) is 5.10 Å². The lowest BCUT2D eigenvalue weighted by Gasteiger charge is -2.09. The normalized spacial score (nSPS) is 10.7. The number of nitrogens with zero attached hydrogens (tertiary/aromatic N) is 3. The fraction of sp³-hybridized carbons (Fsp3) is 0.385. The van der Waals surface area contributed by atoms with Gasteiger partial charge >= 0.3 is 0 Å². The number of aromatic nitrogens is 3. The van der Waals surface area contributed by atoms with E-state index in [9.17, 15) is 0 Å². The van der Waals surface area contributed by atoms with E-state index in [4.69, 9.17) is 4.74 Å². The molecule has 102 valence electrons. The van der Waals surface area contributed by atoms with E-state index in [2.05, 4.69) is 38.3 Å². The Morgan fingerprint density at radius 1 is 1.42 bits per heavy atom. The molecule has 6 heteroatoms. The molecule has 1 heterocycles. The van der Waals surface area contributed by atoms with Crippen LogP contribution in [0.5, 0.6) is 5.75 Å². The SMILES string of the molecule is CCNCc1ncnn1Cc1cc(OC)ccc1Br. The van der Waals surface area contributed by atoms with Crippen LogP contribution in [0.25, 0.3) is 0 Å². The van der Waals surface area contributed by atoms with Crippen LogP contribution in [0, 0.1) is 0 Å². The molecule has 0 radical (unpaired) electrons. The van der Waals surface area contributed by atoms with E-state index in [0.717, 1.165) is 34.7 Å². The van der Waals surface area contributed by atoms with Crippen molar-refractivity contribution in [3.05, 3.63) is 40.4 Å². The molecule has 19 heavy (non-hydrogen) atoms. The number of hydrogen-bond donors (Lipinski definition) is 1. The van der Waals surface area contributed by atoms with E-state index in [1.54, 1.807) is 13.4 Å². The smallest absolute Gasteiger partial charge is 0.141 e. The van der Waals surface area contributed by atoms with Gasteiger partial charge in [-0.25, -0.2) is 9.67 Å². The van der Waals surface area contributed by atoms with Gasteiger partial charge in [-0.1, -0.05) is 22.9 Å². The predicted octanol–water partition coefficient (Wildman–Crippen LogP) is 2.21. The zero-order valence-corrected chi connectivity index (χ0v) is 12.6. The van der Waals surface area contributed by atoms with Crippen LogP contribution >= 0.6 is 15.9 Å². The fourth-order valence-corrected chi connectivity index (χ4v) is 2.13. The molecule has 1 aromatic heterocycles. The molecule has 0 aliphatic heterocycles. The summed E-state index contributed by atoms with van der Waals surface area (Å²) < 4.78 is 8.18. The average molecular weight is 325 g/mol. The number of benzene rings is 1. The van der Waals surface area contributed by atoms with Crippen molar-refractivity contribution in [1.29, 1.82) is 0 Å². The lowest BCUT2D eigenvalue weighted by atomic mass is 10.2. The number of hydrogen-bond acceptors (Lipinski definition) is 4. The van der Waals surface area contributed by atoms with Crippen LogP contribution < -0.4 is 10.1 Å². The van der Waals surface area contributed by atoms with Crippen LogP contribution in [0.4, 0.5) is 0 Å². The Morgan fingerprint density at radius 3 is 3.00 bits per heavy atom. The van der Waals surface area contributed by atoms with Crippen LogP contribution in [-0.2, 0) is 13.1 Å². The molecule has 5 nitrogen and oxygen atoms in total. The van der Waals surface area contributed by atoms with E-state index in [1.807, 2.05) is 22.9 Å². The first-order valence-corrected chi connectivity index (χ1v) is 6.93. The first-order chi connectivity index (χ1) is 9.24. The van der Waals surface area contributed by atoms with Crippen molar-refractivity contribution in [2.75, 3.05) is 13.7 Å². The van der Waals surface area contributed by atoms with Crippen molar-refractivity contribution in [2.24, 2.45) is 0 Å². The molecule has 0 saturated carbocycles. The molecule has 0 unspecified atom stereocenters. The van der Waals surface area contributed by atoms with Gasteiger partial charge < -0.3 is 10.1 Å². The van der Waals surface area contributed by atoms with Gasteiger partial charge in [0.2, 0.25) is 0 Å². The van der Waals surface area contributed by atoms with E-state index >= 15 is 0 Å². The first-order valence-electron chi connectivity index (χ1n) is 6.14. The average Bonchev–Trinajstić information content (AvgIpc) is 2.86. The number of methoxy groups -OCH3 is 1. The van der Waals surface area contributed by atoms with Crippen molar-refractivity contribution in [1.82, 2.24) is 20.1 Å². The number of halogens is 1. The lowest BCUT2D eigenvalue weighted by Crippen LogP contribution is -2.17. The molecule has 2 aromatic rings. The van der Waals surface area contributed by atoms with Gasteiger partial charge in [0.25, 0.3) is 0 Å². The summed E-state index contributed by atoms with van der Waals surface area (Å²) in [6, 6.07) is 5.91. The maximum Gasteiger partial charge on any atom is 0.141 e. The zero-order chi connectivity index (χ0) is 13.7. The third-order valence-electron chi connectivity index (χ3n) is 2.80. The number of nitrogens with one attached hydrogen (secondary N) is 1. The zero-order valence-electron chi connectivity index (χ0n) is 11.1. The first kappa shape index (κ1) is 14.0. The molecule has 0 amide bonds. The van der Waals surface area contributed by atoms with Crippen LogP contribution in [0.15, 0.2) is 29.0 Å². The minimum atomic E-state index is 0.665. The summed E-state index contributed by atoms with van der Waals surface area (Å²) in [5.74, 6) is 1.77. The predicted molar refractivity (Wildman–Crippen MR) is 77.2 cm³/mol. The van der Waals surface area contributed by atoms with E-state index in [-0.39, 0.29) is 0 Å². The van der Waals surface area contributed by atoms with Gasteiger partial charge in [-0.05, 0) is 30.3 Å². The summed E-state index contributed by atoms with van der Waals surface area (Å²) in [6.07, 6.45) is 1.58. The Balaban J connectivity index is 2.18. The van der Waals surface area contributed by atoms with Gasteiger partial charge in [-0.3, -0.25) is 0 Å². The molecular weight excluding hydrogens is 308 g/mol. The molecule has 2 rings (SSSR count). The Kier molecular flexibility index (Phi) is 4.93. The molecule has 0 bridgehead atoms. The molecule has 0 aliphatic carbocycles. The third kappa shape index (κ3) is 3.54. The molecule has 0 spiro atoms. The minimum absolute atomic E-state index is 0.665. The highest BCUT2D eigenvalue weighted by Gasteiger charge is 2.08. The van der Waals surface area contributed by atoms with Crippen molar-refractivity contribution in [3.8, 4) is 5.75 Å². The van der Waals surface area contributed by atoms with Crippen molar-refractivity contribution in [2.45, 2.75) is 20.0 Å². The molecular formula is C13H17BrN4O. The summed E-state index contributed by atoms with van der Waals surface area (Å²) in [5.41, 5.74) is 1.11. The van der Waals surface area contributed by atoms with Gasteiger partial charge in [0, 0.05) is 4.47 Å². The number of ether oxygens (including phenoxy) is 1. The molecule has 0 fully saturated rings. The summed E-state index contributed by atoms with van der Waals surface area (Å²) >= 11 is 3.55. The van der Waals surface area contributed by atoms with Gasteiger partial charge in [0.05, 0.1) is 20.2 Å². The van der Waals surface area contributed by atoms with E-state index in [1.165, 1.54) is 0 Å². The maximum atomic E-state index is 5.25. The van der Waals surface area contributed by atoms with Crippen LogP contribution in [0.3, 0.4) is 0 Å². The Hall–Kier alpha value is -1.40. The summed E-state index contributed by atoms with van der Waals surface area (Å²) in [4.78, 5) is 4.26. The van der Waals surface area contributed by atoms with E-state index in [0.29, 0.717) is 6.54 Å². The van der Waals surface area contributed by atoms with Crippen LogP contribution in [0.2, 0.25) is 0 Å². The quantitative estimate of drug-likeness (QED) is 0.885. The lowest BCUT2D eigenvalue weighted by molar-refractivity contribution is 0.414. The second-order valence-corrected chi connectivity index (χ2v) is 4.93. The molecule has 1 aromatic carbocycles. The maximum absolute atomic E-state index is 5.25. The highest BCUT2D eigenvalue weighted by Crippen LogP contribution is 2.23. The van der Waals surface area contributed by atoms with Gasteiger partial charge in [0.15, 0.2) is 0 Å². The Labute approximate surface area is 121 Å². The number of rotatable bonds is 6. The molecule has 0 atom stereocenters. The third-order valence-corrected chi connectivity index (χ3v) is 3.58. The highest BCUT2D eigenvalue weighted by molar-refractivity contribution is 9.10. The minimum Gasteiger partial charge on any atom is -0.497 e. The van der Waals surface area contributed by atoms with Gasteiger partial charge in [-0.15, -0.1) is 0 Å². The van der Waals surface area contributed by atoms with Crippen LogP contribution in [-0.4, -0.2) is 28.4 Å². The molecule has 0 aliphatic rings. The monoisotopic (exact) mass is 324 g/mol. The highest BCUT2D eigenvalue weighted by atomic mass is 79.9. The van der Waals surface area contributed by atoms with Crippen molar-refractivity contribution in [3.63, 3.8) is 0 Å². The topological polar surface area (TPSA) is 52.0 Å². The fourth-order valence-electron chi connectivity index (χ4n) is 1.75. The summed E-state index contributed by atoms with van der Waals surface area (Å²) in [5, 5.41) is 7.52. The van der Waals surface area contributed by atoms with Gasteiger partial charge in [0.1, 0.15) is 17.9 Å². The van der Waals surface area contributed by atoms with Crippen molar-refractivity contribution >= 4 is 15.9 Å². The second kappa shape index (κ2) is 6.68. The largest absolute Gasteiger partial charge is 0.497 e. The summed E-state index contributed by atoms with van der Waals surface area (Å²) in [7, 11) is 1.67. The van der Waals surface area contributed by atoms with Crippen LogP contribution in [0.1, 0.15) is 18.3 Å². The standard InChI is InChI=1S/C13H17BrN4O/c1-3-15-7-13-16-9-17-18(13)8-10-6-11(19-2)4-5-12(10)14/h4-6,9,15H,3,7-8H2,1-2H3. The molecule has 0 saturated heterocycles. The Bertz CT molecular complexity index is 541. The summed E-state index contributed by atoms with van der Waals surface area (Å²) in [6.45, 7) is 4.37. The van der Waals surface area contributed by atoms with Crippen molar-refractivity contribution < 1.29 is 4.74 Å². The van der Waals surface area contributed by atoms with E-state index < -0.39 is 0 Å².